The molecule has 17 heteroatoms. The molecule has 4 aliphatic rings. The first-order valence-electron chi connectivity index (χ1n) is 15.9. The Morgan fingerprint density at radius 1 is 0.923 bits per heavy atom. The molecule has 3 heterocycles. The van der Waals surface area contributed by atoms with E-state index in [1.165, 1.54) is 42.1 Å². The van der Waals surface area contributed by atoms with Crippen LogP contribution in [0, 0.1) is 29.6 Å². The summed E-state index contributed by atoms with van der Waals surface area (Å²) in [6, 6.07) is 13.3. The number of benzene rings is 3. The van der Waals surface area contributed by atoms with Crippen LogP contribution in [-0.2, 0) is 26.7 Å². The number of rotatable bonds is 6. The third kappa shape index (κ3) is 5.69. The number of para-hydroxylation sites is 1. The minimum absolute atomic E-state index is 0.0899. The number of nitrogens with one attached hydrogen (secondary N) is 2. The second kappa shape index (κ2) is 12.4. The summed E-state index contributed by atoms with van der Waals surface area (Å²) in [6.07, 6.45) is -8.97. The Kier molecular flexibility index (Phi) is 8.30. The quantitative estimate of drug-likeness (QED) is 0.153. The number of alkyl halides is 6. The Bertz CT molecular complexity index is 2210. The summed E-state index contributed by atoms with van der Waals surface area (Å²) >= 11 is 8.81. The van der Waals surface area contributed by atoms with Crippen molar-refractivity contribution >= 4 is 63.8 Å². The fraction of sp³-hybridized carbons (Fsp3) is 0.314. The number of amides is 3. The molecule has 2 N–H and O–H groups in total. The lowest BCUT2D eigenvalue weighted by Crippen LogP contribution is -2.42. The number of thiazole rings is 1. The monoisotopic (exact) mass is 779 g/mol. The van der Waals surface area contributed by atoms with Gasteiger partial charge >= 0.3 is 17.2 Å². The smallest absolute Gasteiger partial charge is 0.418 e. The van der Waals surface area contributed by atoms with Gasteiger partial charge in [-0.05, 0) is 72.7 Å². The van der Waals surface area contributed by atoms with E-state index in [9.17, 15) is 45.5 Å². The summed E-state index contributed by atoms with van der Waals surface area (Å²) in [4.78, 5) is 57.4. The van der Waals surface area contributed by atoms with Gasteiger partial charge in [0.25, 0.3) is 5.91 Å². The van der Waals surface area contributed by atoms with Gasteiger partial charge in [-0.25, -0.2) is 4.90 Å². The molecule has 0 radical (unpaired) electrons. The van der Waals surface area contributed by atoms with Gasteiger partial charge in [0.15, 0.2) is 6.61 Å². The Balaban J connectivity index is 1.12. The van der Waals surface area contributed by atoms with Crippen molar-refractivity contribution in [3.05, 3.63) is 103 Å². The van der Waals surface area contributed by atoms with Crippen molar-refractivity contribution in [3.8, 4) is 5.75 Å². The van der Waals surface area contributed by atoms with Crippen molar-refractivity contribution in [1.29, 1.82) is 0 Å². The highest BCUT2D eigenvalue weighted by Gasteiger charge is 2.70. The van der Waals surface area contributed by atoms with Gasteiger partial charge in [0.2, 0.25) is 11.8 Å². The first-order valence-corrected chi connectivity index (χ1v) is 18.0. The van der Waals surface area contributed by atoms with Crippen molar-refractivity contribution in [2.75, 3.05) is 16.8 Å². The predicted octanol–water partition coefficient (Wildman–Crippen LogP) is 7.82. The number of H-pyrrole nitrogens is 1. The molecule has 7 atom stereocenters. The summed E-state index contributed by atoms with van der Waals surface area (Å²) in [5.74, 6) is -5.56. The van der Waals surface area contributed by atoms with Crippen LogP contribution in [-0.4, -0.2) is 34.6 Å². The van der Waals surface area contributed by atoms with E-state index in [1.807, 2.05) is 0 Å². The lowest BCUT2D eigenvalue weighted by Gasteiger charge is -2.43. The minimum Gasteiger partial charge on any atom is -0.483 e. The van der Waals surface area contributed by atoms with Gasteiger partial charge in [0.1, 0.15) is 5.75 Å². The number of carbonyl (C=O) groups excluding carboxylic acids is 3. The molecule has 0 spiro atoms. The molecule has 2 bridgehead atoms. The summed E-state index contributed by atoms with van der Waals surface area (Å²) in [7, 11) is 0. The lowest BCUT2D eigenvalue weighted by atomic mass is 9.68. The van der Waals surface area contributed by atoms with Gasteiger partial charge in [-0.2, -0.15) is 26.3 Å². The van der Waals surface area contributed by atoms with Gasteiger partial charge in [0, 0.05) is 32.3 Å². The van der Waals surface area contributed by atoms with E-state index in [0.29, 0.717) is 26.8 Å². The van der Waals surface area contributed by atoms with E-state index in [4.69, 9.17) is 16.3 Å². The van der Waals surface area contributed by atoms with Crippen molar-refractivity contribution < 1.29 is 45.5 Å². The molecule has 270 valence electrons. The summed E-state index contributed by atoms with van der Waals surface area (Å²) in [5.41, 5.74) is -2.16. The molecular weight excluding hydrogens is 756 g/mol. The molecular formula is C35H24ClF6N3O5S2. The number of carbonyl (C=O) groups is 3. The topological polar surface area (TPSA) is 109 Å². The van der Waals surface area contributed by atoms with Crippen LogP contribution in [0.4, 0.5) is 37.7 Å². The number of ether oxygens (including phenoxy) is 1. The zero-order valence-corrected chi connectivity index (χ0v) is 28.6. The van der Waals surface area contributed by atoms with Crippen LogP contribution >= 0.6 is 34.7 Å². The van der Waals surface area contributed by atoms with Crippen molar-refractivity contribution in [3.63, 3.8) is 0 Å². The fourth-order valence-corrected chi connectivity index (χ4v) is 11.6. The Morgan fingerprint density at radius 3 is 2.38 bits per heavy atom. The molecule has 1 aromatic heterocycles. The zero-order chi connectivity index (χ0) is 36.9. The predicted molar refractivity (Wildman–Crippen MR) is 179 cm³/mol. The van der Waals surface area contributed by atoms with Gasteiger partial charge < -0.3 is 15.0 Å². The molecule has 8 nitrogen and oxygen atoms in total. The number of aromatic nitrogens is 1. The number of hydrogen-bond donors (Lipinski definition) is 2. The number of hydrogen-bond acceptors (Lipinski definition) is 7. The molecule has 52 heavy (non-hydrogen) atoms. The molecule has 4 aromatic rings. The second-order valence-corrected chi connectivity index (χ2v) is 15.7. The van der Waals surface area contributed by atoms with E-state index < -0.39 is 83.1 Å². The third-order valence-corrected chi connectivity index (χ3v) is 13.1. The Morgan fingerprint density at radius 2 is 1.65 bits per heavy atom. The molecule has 2 saturated carbocycles. The SMILES string of the molecule is O=C(COc1ccc(Cl)cc1[C@@H]1c2sc(=O)[nH]c2S[C@@H]2[C@@H]3C[C@@H]([C@@H]4C(=O)N(c5ccccc5C(F)(F)F)C(=O)[C@@H]34)[C@H]12)Nc1cccc(C(F)(F)F)c1. The molecule has 0 unspecified atom stereocenters. The molecule has 2 aliphatic heterocycles. The molecule has 8 rings (SSSR count). The third-order valence-electron chi connectivity index (χ3n) is 10.3. The molecule has 1 saturated heterocycles. The molecule has 2 aliphatic carbocycles. The standard InChI is InChI=1S/C35H24ClF6N3O5S2/c36-15-8-9-22(50-13-23(46)43-16-5-3-4-14(10-16)34(37,38)39)17(11-15)24-25-18-12-19(28(25)51-30-29(24)52-33(49)44-30)27-26(18)31(47)45(32(27)48)21-7-2-1-6-20(21)35(40,41)42/h1-11,18-19,24-28H,12-13H2,(H,43,46)(H,44,49)/t18-,19-,24+,25-,26+,27+,28-/m1/s1. The maximum absolute atomic E-state index is 14.1. The van der Waals surface area contributed by atoms with Crippen LogP contribution in [0.5, 0.6) is 5.75 Å². The summed E-state index contributed by atoms with van der Waals surface area (Å²) in [6.45, 7) is -0.603. The van der Waals surface area contributed by atoms with E-state index in [0.717, 1.165) is 41.7 Å². The van der Waals surface area contributed by atoms with Gasteiger partial charge in [-0.15, -0.1) is 11.8 Å². The van der Waals surface area contributed by atoms with Crippen molar-refractivity contribution in [2.24, 2.45) is 29.6 Å². The number of imide groups is 1. The molecule has 3 amide bonds. The average Bonchev–Trinajstić information content (AvgIpc) is 3.82. The maximum Gasteiger partial charge on any atom is 0.418 e. The highest BCUT2D eigenvalue weighted by Crippen LogP contribution is 2.69. The number of nitrogens with zero attached hydrogens (tertiary/aromatic N) is 1. The highest BCUT2D eigenvalue weighted by atomic mass is 35.5. The van der Waals surface area contributed by atoms with E-state index in [-0.39, 0.29) is 32.5 Å². The first-order chi connectivity index (χ1) is 24.6. The number of halogens is 7. The van der Waals surface area contributed by atoms with Crippen LogP contribution in [0.2, 0.25) is 5.02 Å². The van der Waals surface area contributed by atoms with Gasteiger partial charge in [-0.1, -0.05) is 41.1 Å². The number of thioether (sulfide) groups is 1. The number of anilines is 2. The van der Waals surface area contributed by atoms with Gasteiger partial charge in [0.05, 0.1) is 33.7 Å². The second-order valence-electron chi connectivity index (χ2n) is 13.1. The van der Waals surface area contributed by atoms with Crippen LogP contribution in [0.1, 0.15) is 33.9 Å². The maximum atomic E-state index is 14.1. The first kappa shape index (κ1) is 34.8. The van der Waals surface area contributed by atoms with Crippen LogP contribution in [0.15, 0.2) is 76.6 Å². The minimum atomic E-state index is -4.81. The largest absolute Gasteiger partial charge is 0.483 e. The summed E-state index contributed by atoms with van der Waals surface area (Å²) < 4.78 is 87.6. The highest BCUT2D eigenvalue weighted by molar-refractivity contribution is 8.00. The normalized spacial score (nSPS) is 26.3. The zero-order valence-electron chi connectivity index (χ0n) is 26.3. The molecule has 3 fully saturated rings. The Labute approximate surface area is 303 Å². The number of fused-ring (bicyclic) bond motifs is 9. The van der Waals surface area contributed by atoms with E-state index in [1.54, 1.807) is 6.07 Å². The van der Waals surface area contributed by atoms with Crippen LogP contribution < -0.4 is 19.8 Å². The van der Waals surface area contributed by atoms with E-state index >= 15 is 0 Å². The van der Waals surface area contributed by atoms with Crippen LogP contribution in [0.3, 0.4) is 0 Å². The van der Waals surface area contributed by atoms with Gasteiger partial charge in [-0.3, -0.25) is 19.2 Å². The molecule has 3 aromatic carbocycles. The number of aromatic amines is 1. The van der Waals surface area contributed by atoms with Crippen molar-refractivity contribution in [1.82, 2.24) is 4.98 Å². The Hall–Kier alpha value is -4.28. The summed E-state index contributed by atoms with van der Waals surface area (Å²) in [5, 5.41) is 2.92. The average molecular weight is 780 g/mol. The fourth-order valence-electron chi connectivity index (χ4n) is 8.52. The van der Waals surface area contributed by atoms with Crippen LogP contribution in [0.25, 0.3) is 0 Å². The van der Waals surface area contributed by atoms with E-state index in [2.05, 4.69) is 10.3 Å². The van der Waals surface area contributed by atoms with Crippen molar-refractivity contribution in [2.45, 2.75) is 35.0 Å². The lowest BCUT2D eigenvalue weighted by molar-refractivity contribution is -0.138.